The van der Waals surface area contributed by atoms with E-state index in [2.05, 4.69) is 50.4 Å². The van der Waals surface area contributed by atoms with Crippen LogP contribution in [0.3, 0.4) is 0 Å². The van der Waals surface area contributed by atoms with Crippen LogP contribution in [0.2, 0.25) is 0 Å². The monoisotopic (exact) mass is 247 g/mol. The van der Waals surface area contributed by atoms with Crippen molar-refractivity contribution in [3.8, 4) is 0 Å². The number of ether oxygens (including phenoxy) is 1. The Morgan fingerprint density at radius 1 is 1.11 bits per heavy atom. The molecule has 2 rings (SSSR count). The smallest absolute Gasteiger partial charge is 0.0720 e. The molecule has 0 radical (unpaired) electrons. The van der Waals surface area contributed by atoms with E-state index < -0.39 is 0 Å². The zero-order valence-electron chi connectivity index (χ0n) is 11.8. The van der Waals surface area contributed by atoms with Crippen LogP contribution in [0.25, 0.3) is 0 Å². The van der Waals surface area contributed by atoms with Crippen LogP contribution < -0.4 is 5.32 Å². The summed E-state index contributed by atoms with van der Waals surface area (Å²) in [5.74, 6) is 0.576. The number of rotatable bonds is 7. The molecule has 1 unspecified atom stereocenters. The van der Waals surface area contributed by atoms with Crippen molar-refractivity contribution in [2.45, 2.75) is 58.9 Å². The van der Waals surface area contributed by atoms with Gasteiger partial charge in [0.05, 0.1) is 12.7 Å². The Balaban J connectivity index is 1.75. The van der Waals surface area contributed by atoms with Gasteiger partial charge in [-0.2, -0.15) is 0 Å². The zero-order valence-corrected chi connectivity index (χ0v) is 11.8. The van der Waals surface area contributed by atoms with Crippen molar-refractivity contribution < 1.29 is 4.74 Å². The summed E-state index contributed by atoms with van der Waals surface area (Å²) in [7, 11) is 0. The maximum atomic E-state index is 5.82. The molecule has 1 aromatic rings. The fourth-order valence-corrected chi connectivity index (χ4v) is 1.72. The molecule has 0 aliphatic heterocycles. The van der Waals surface area contributed by atoms with Crippen molar-refractivity contribution in [3.63, 3.8) is 0 Å². The molecule has 0 aromatic heterocycles. The van der Waals surface area contributed by atoms with Crippen molar-refractivity contribution in [1.82, 2.24) is 5.32 Å². The molecular formula is C16H25NO. The lowest BCUT2D eigenvalue weighted by atomic mass is 10.1. The molecular weight excluding hydrogens is 222 g/mol. The third kappa shape index (κ3) is 4.43. The number of benzene rings is 1. The molecule has 2 nitrogen and oxygen atoms in total. The summed E-state index contributed by atoms with van der Waals surface area (Å²) < 4.78 is 5.82. The Morgan fingerprint density at radius 3 is 2.28 bits per heavy atom. The van der Waals surface area contributed by atoms with Gasteiger partial charge in [-0.15, -0.1) is 0 Å². The Hall–Kier alpha value is -0.860. The second-order valence-electron chi connectivity index (χ2n) is 5.73. The highest BCUT2D eigenvalue weighted by molar-refractivity contribution is 5.22. The van der Waals surface area contributed by atoms with E-state index in [0.29, 0.717) is 12.0 Å². The first-order chi connectivity index (χ1) is 8.65. The molecule has 1 atom stereocenters. The highest BCUT2D eigenvalue weighted by atomic mass is 16.5. The molecule has 1 N–H and O–H groups in total. The lowest BCUT2D eigenvalue weighted by Crippen LogP contribution is -2.16. The average molecular weight is 247 g/mol. The molecule has 0 saturated heterocycles. The molecule has 0 amide bonds. The summed E-state index contributed by atoms with van der Waals surface area (Å²) in [5, 5.41) is 3.53. The molecule has 100 valence electrons. The highest BCUT2D eigenvalue weighted by Gasteiger charge is 2.19. The third-order valence-corrected chi connectivity index (χ3v) is 3.65. The molecule has 1 aliphatic rings. The molecule has 1 aliphatic carbocycles. The van der Waals surface area contributed by atoms with Gasteiger partial charge in [-0.1, -0.05) is 38.1 Å². The van der Waals surface area contributed by atoms with Crippen LogP contribution in [0, 0.1) is 5.92 Å². The normalized spacial score (nSPS) is 17.1. The van der Waals surface area contributed by atoms with Crippen LogP contribution in [-0.4, -0.2) is 12.1 Å². The minimum Gasteiger partial charge on any atom is -0.374 e. The predicted octanol–water partition coefficient (Wildman–Crippen LogP) is 3.50. The molecule has 0 spiro atoms. The molecule has 1 fully saturated rings. The fourth-order valence-electron chi connectivity index (χ4n) is 1.72. The predicted molar refractivity (Wildman–Crippen MR) is 75.4 cm³/mol. The van der Waals surface area contributed by atoms with Crippen molar-refractivity contribution >= 4 is 0 Å². The van der Waals surface area contributed by atoms with Crippen LogP contribution in [0.15, 0.2) is 24.3 Å². The lowest BCUT2D eigenvalue weighted by Gasteiger charge is -2.16. The first kappa shape index (κ1) is 13.6. The van der Waals surface area contributed by atoms with Crippen molar-refractivity contribution in [1.29, 1.82) is 0 Å². The van der Waals surface area contributed by atoms with E-state index in [1.165, 1.54) is 24.0 Å². The van der Waals surface area contributed by atoms with Gasteiger partial charge >= 0.3 is 0 Å². The van der Waals surface area contributed by atoms with Crippen LogP contribution in [0.5, 0.6) is 0 Å². The van der Waals surface area contributed by atoms with E-state index in [-0.39, 0.29) is 0 Å². The maximum absolute atomic E-state index is 5.82. The second kappa shape index (κ2) is 6.35. The van der Waals surface area contributed by atoms with E-state index >= 15 is 0 Å². The molecule has 0 bridgehead atoms. The number of nitrogens with one attached hydrogen (secondary N) is 1. The molecule has 1 saturated carbocycles. The van der Waals surface area contributed by atoms with E-state index in [0.717, 1.165) is 19.2 Å². The van der Waals surface area contributed by atoms with Crippen LogP contribution >= 0.6 is 0 Å². The van der Waals surface area contributed by atoms with E-state index in [1.807, 2.05) is 0 Å². The van der Waals surface area contributed by atoms with E-state index in [9.17, 15) is 0 Å². The van der Waals surface area contributed by atoms with Gasteiger partial charge in [0.25, 0.3) is 0 Å². The third-order valence-electron chi connectivity index (χ3n) is 3.65. The maximum Gasteiger partial charge on any atom is 0.0720 e. The standard InChI is InChI=1S/C16H25NO/c1-12(2)13(3)18-11-15-6-4-14(5-7-15)10-17-16-8-9-16/h4-7,12-13,16-17H,8-11H2,1-3H3. The van der Waals surface area contributed by atoms with Gasteiger partial charge in [-0.05, 0) is 36.8 Å². The number of hydrogen-bond donors (Lipinski definition) is 1. The van der Waals surface area contributed by atoms with Crippen molar-refractivity contribution in [2.75, 3.05) is 0 Å². The minimum absolute atomic E-state index is 0.321. The first-order valence-electron chi connectivity index (χ1n) is 7.08. The Morgan fingerprint density at radius 2 is 1.72 bits per heavy atom. The molecule has 18 heavy (non-hydrogen) atoms. The van der Waals surface area contributed by atoms with Crippen LogP contribution in [0.4, 0.5) is 0 Å². The Labute approximate surface area is 111 Å². The zero-order chi connectivity index (χ0) is 13.0. The van der Waals surface area contributed by atoms with Crippen LogP contribution in [-0.2, 0) is 17.9 Å². The van der Waals surface area contributed by atoms with Gasteiger partial charge in [0, 0.05) is 12.6 Å². The second-order valence-corrected chi connectivity index (χ2v) is 5.73. The largest absolute Gasteiger partial charge is 0.374 e. The van der Waals surface area contributed by atoms with Gasteiger partial charge in [-0.3, -0.25) is 0 Å². The van der Waals surface area contributed by atoms with Gasteiger partial charge in [0.1, 0.15) is 0 Å². The minimum atomic E-state index is 0.321. The van der Waals surface area contributed by atoms with Gasteiger partial charge in [0.2, 0.25) is 0 Å². The Bertz CT molecular complexity index is 354. The number of hydrogen-bond acceptors (Lipinski definition) is 2. The first-order valence-corrected chi connectivity index (χ1v) is 7.08. The SMILES string of the molecule is CC(C)C(C)OCc1ccc(CNC2CC2)cc1. The van der Waals surface area contributed by atoms with Crippen molar-refractivity contribution in [3.05, 3.63) is 35.4 Å². The summed E-state index contributed by atoms with van der Waals surface area (Å²) in [5.41, 5.74) is 2.63. The highest BCUT2D eigenvalue weighted by Crippen LogP contribution is 2.19. The lowest BCUT2D eigenvalue weighted by molar-refractivity contribution is 0.0235. The summed E-state index contributed by atoms with van der Waals surface area (Å²) in [6.07, 6.45) is 3.01. The van der Waals surface area contributed by atoms with E-state index in [4.69, 9.17) is 4.74 Å². The molecule has 0 heterocycles. The van der Waals surface area contributed by atoms with Gasteiger partial charge in [-0.25, -0.2) is 0 Å². The van der Waals surface area contributed by atoms with Gasteiger partial charge in [0.15, 0.2) is 0 Å². The summed E-state index contributed by atoms with van der Waals surface area (Å²) in [4.78, 5) is 0. The summed E-state index contributed by atoms with van der Waals surface area (Å²) in [6.45, 7) is 8.23. The fraction of sp³-hybridized carbons (Fsp3) is 0.625. The Kier molecular flexibility index (Phi) is 4.79. The van der Waals surface area contributed by atoms with Crippen LogP contribution in [0.1, 0.15) is 44.7 Å². The average Bonchev–Trinajstić information content (AvgIpc) is 3.18. The van der Waals surface area contributed by atoms with Crippen molar-refractivity contribution in [2.24, 2.45) is 5.92 Å². The summed E-state index contributed by atoms with van der Waals surface area (Å²) >= 11 is 0. The van der Waals surface area contributed by atoms with Gasteiger partial charge < -0.3 is 10.1 Å². The molecule has 1 aromatic carbocycles. The van der Waals surface area contributed by atoms with E-state index in [1.54, 1.807) is 0 Å². The topological polar surface area (TPSA) is 21.3 Å². The summed E-state index contributed by atoms with van der Waals surface area (Å²) in [6, 6.07) is 9.54. The quantitative estimate of drug-likeness (QED) is 0.796. The molecule has 2 heteroatoms.